The first-order valence-corrected chi connectivity index (χ1v) is 13.6. The minimum absolute atomic E-state index is 0.112. The summed E-state index contributed by atoms with van der Waals surface area (Å²) in [5.41, 5.74) is 18.5. The fraction of sp³-hybridized carbons (Fsp3) is 0.344. The van der Waals surface area contributed by atoms with E-state index >= 15 is 0 Å². The maximum atomic E-state index is 10.3. The Morgan fingerprint density at radius 3 is 1.83 bits per heavy atom. The average molecular weight is 568 g/mol. The molecule has 9 heteroatoms. The van der Waals surface area contributed by atoms with E-state index in [1.54, 1.807) is 24.3 Å². The number of benzene rings is 3. The van der Waals surface area contributed by atoms with Gasteiger partial charge in [-0.3, -0.25) is 14.4 Å². The molecule has 0 amide bonds. The van der Waals surface area contributed by atoms with Crippen LogP contribution in [0.25, 0.3) is 0 Å². The number of rotatable bonds is 13. The second-order valence-electron chi connectivity index (χ2n) is 8.84. The molecule has 0 aliphatic rings. The maximum absolute atomic E-state index is 10.3. The summed E-state index contributed by atoms with van der Waals surface area (Å²) in [4.78, 5) is 30.5. The highest BCUT2D eigenvalue weighted by Crippen LogP contribution is 2.11. The first-order chi connectivity index (χ1) is 19.8. The van der Waals surface area contributed by atoms with Crippen LogP contribution in [0.2, 0.25) is 0 Å². The predicted octanol–water partition coefficient (Wildman–Crippen LogP) is 4.32. The second kappa shape index (κ2) is 25.0. The number of hydrogen-bond acceptors (Lipinski definition) is 7. The van der Waals surface area contributed by atoms with Crippen molar-refractivity contribution in [3.05, 3.63) is 102 Å². The normalized spacial score (nSPS) is 10.2. The number of carboxylic acids is 2. The average Bonchev–Trinajstić information content (AvgIpc) is 2.98. The number of carbonyl (C=O) groups is 3. The number of nitrogens with two attached hydrogens (primary N) is 3. The van der Waals surface area contributed by atoms with E-state index in [0.717, 1.165) is 50.0 Å². The molecule has 0 fully saturated rings. The highest BCUT2D eigenvalue weighted by Gasteiger charge is 2.08. The molecule has 0 spiro atoms. The highest BCUT2D eigenvalue weighted by molar-refractivity contribution is 5.74. The van der Waals surface area contributed by atoms with Gasteiger partial charge in [0.1, 0.15) is 18.1 Å². The lowest BCUT2D eigenvalue weighted by atomic mass is 10.2. The minimum Gasteiger partial charge on any atom is -0.494 e. The molecule has 224 valence electrons. The number of aliphatic carboxylic acids is 2. The van der Waals surface area contributed by atoms with Crippen molar-refractivity contribution in [2.45, 2.75) is 51.5 Å². The van der Waals surface area contributed by atoms with Gasteiger partial charge in [0.25, 0.3) is 0 Å². The SMILES string of the molecule is CCCCOc1ccc(C=O)cc1.NCCCC(N)C(=O)O.NCCc1ccccc1.O=C(O)Cc1ccccc1. The Morgan fingerprint density at radius 1 is 0.829 bits per heavy atom. The van der Waals surface area contributed by atoms with Gasteiger partial charge in [0.15, 0.2) is 0 Å². The summed E-state index contributed by atoms with van der Waals surface area (Å²) in [6.07, 6.45) is 5.26. The Kier molecular flexibility index (Phi) is 22.5. The second-order valence-corrected chi connectivity index (χ2v) is 8.84. The molecule has 3 aromatic carbocycles. The smallest absolute Gasteiger partial charge is 0.320 e. The molecule has 0 aromatic heterocycles. The molecular weight excluding hydrogens is 522 g/mol. The number of carbonyl (C=O) groups excluding carboxylic acids is 1. The summed E-state index contributed by atoms with van der Waals surface area (Å²) in [6, 6.07) is 25.8. The molecule has 0 radical (unpaired) electrons. The molecule has 0 bridgehead atoms. The van der Waals surface area contributed by atoms with Crippen LogP contribution in [-0.2, 0) is 22.4 Å². The quantitative estimate of drug-likeness (QED) is 0.148. The van der Waals surface area contributed by atoms with Gasteiger partial charge >= 0.3 is 11.9 Å². The minimum atomic E-state index is -0.955. The summed E-state index contributed by atoms with van der Waals surface area (Å²) in [5.74, 6) is -0.909. The first-order valence-electron chi connectivity index (χ1n) is 13.6. The molecule has 41 heavy (non-hydrogen) atoms. The van der Waals surface area contributed by atoms with Crippen LogP contribution in [0, 0.1) is 0 Å². The van der Waals surface area contributed by atoms with Gasteiger partial charge in [0.05, 0.1) is 13.0 Å². The molecular formula is C32H45N3O6. The van der Waals surface area contributed by atoms with Crippen LogP contribution in [0.3, 0.4) is 0 Å². The van der Waals surface area contributed by atoms with E-state index in [1.165, 1.54) is 5.56 Å². The largest absolute Gasteiger partial charge is 0.494 e. The van der Waals surface area contributed by atoms with E-state index in [2.05, 4.69) is 19.1 Å². The van der Waals surface area contributed by atoms with Gasteiger partial charge in [-0.15, -0.1) is 0 Å². The Bertz CT molecular complexity index is 1060. The lowest BCUT2D eigenvalue weighted by Crippen LogP contribution is -2.30. The van der Waals surface area contributed by atoms with Gasteiger partial charge in [-0.1, -0.05) is 74.0 Å². The number of aldehydes is 1. The Balaban J connectivity index is 0.000000527. The molecule has 9 nitrogen and oxygen atoms in total. The van der Waals surface area contributed by atoms with Crippen molar-refractivity contribution in [2.24, 2.45) is 17.2 Å². The molecule has 1 unspecified atom stereocenters. The Morgan fingerprint density at radius 2 is 1.39 bits per heavy atom. The summed E-state index contributed by atoms with van der Waals surface area (Å²) in [6.45, 7) is 4.11. The monoisotopic (exact) mass is 567 g/mol. The molecule has 3 rings (SSSR count). The van der Waals surface area contributed by atoms with E-state index in [0.29, 0.717) is 24.9 Å². The van der Waals surface area contributed by atoms with E-state index in [-0.39, 0.29) is 6.42 Å². The Labute approximate surface area is 243 Å². The van der Waals surface area contributed by atoms with Gasteiger partial charge in [-0.2, -0.15) is 0 Å². The first kappa shape index (κ1) is 37.0. The number of ether oxygens (including phenoxy) is 1. The summed E-state index contributed by atoms with van der Waals surface area (Å²) in [7, 11) is 0. The molecule has 0 aliphatic carbocycles. The molecule has 0 saturated heterocycles. The van der Waals surface area contributed by atoms with Crippen molar-refractivity contribution in [1.29, 1.82) is 0 Å². The summed E-state index contributed by atoms with van der Waals surface area (Å²) >= 11 is 0. The fourth-order valence-corrected chi connectivity index (χ4v) is 3.02. The van der Waals surface area contributed by atoms with Gasteiger partial charge in [-0.05, 0) is 74.2 Å². The van der Waals surface area contributed by atoms with Crippen LogP contribution in [0.5, 0.6) is 5.75 Å². The zero-order valence-corrected chi connectivity index (χ0v) is 23.9. The molecule has 1 atom stereocenters. The van der Waals surface area contributed by atoms with Crippen LogP contribution < -0.4 is 21.9 Å². The van der Waals surface area contributed by atoms with Crippen molar-refractivity contribution >= 4 is 18.2 Å². The predicted molar refractivity (Wildman–Crippen MR) is 163 cm³/mol. The molecule has 8 N–H and O–H groups in total. The van der Waals surface area contributed by atoms with E-state index in [4.69, 9.17) is 32.2 Å². The standard InChI is InChI=1S/C11H14O2.C8H11N.C8H8O2.C5H12N2O2/c1-2-3-8-13-11-6-4-10(9-12)5-7-11;9-7-6-8-4-2-1-3-5-8;9-8(10)6-7-4-2-1-3-5-7;6-3-1-2-4(7)5(8)9/h4-7,9H,2-3,8H2,1H3;1-5H,6-7,9H2;1-5H,6H2,(H,9,10);4H,1-3,6-7H2,(H,8,9). The van der Waals surface area contributed by atoms with Gasteiger partial charge < -0.3 is 32.2 Å². The van der Waals surface area contributed by atoms with Crippen molar-refractivity contribution in [3.63, 3.8) is 0 Å². The van der Waals surface area contributed by atoms with Gasteiger partial charge in [0.2, 0.25) is 0 Å². The summed E-state index contributed by atoms with van der Waals surface area (Å²) < 4.78 is 5.43. The zero-order chi connectivity index (χ0) is 30.7. The van der Waals surface area contributed by atoms with Crippen molar-refractivity contribution < 1.29 is 29.3 Å². The topological polar surface area (TPSA) is 179 Å². The van der Waals surface area contributed by atoms with Crippen LogP contribution in [0.4, 0.5) is 0 Å². The Hall–Kier alpha value is -4.05. The third-order valence-electron chi connectivity index (χ3n) is 5.29. The number of carboxylic acid groups (broad SMARTS) is 2. The lowest BCUT2D eigenvalue weighted by Gasteiger charge is -2.04. The van der Waals surface area contributed by atoms with E-state index in [9.17, 15) is 14.4 Å². The van der Waals surface area contributed by atoms with Crippen molar-refractivity contribution in [1.82, 2.24) is 0 Å². The third kappa shape index (κ3) is 21.5. The van der Waals surface area contributed by atoms with Gasteiger partial charge in [-0.25, -0.2) is 0 Å². The van der Waals surface area contributed by atoms with Crippen LogP contribution >= 0.6 is 0 Å². The molecule has 0 heterocycles. The van der Waals surface area contributed by atoms with Crippen molar-refractivity contribution in [2.75, 3.05) is 19.7 Å². The lowest BCUT2D eigenvalue weighted by molar-refractivity contribution is -0.139. The van der Waals surface area contributed by atoms with E-state index in [1.807, 2.05) is 48.5 Å². The van der Waals surface area contributed by atoms with Crippen LogP contribution in [-0.4, -0.2) is 54.2 Å². The van der Waals surface area contributed by atoms with E-state index < -0.39 is 18.0 Å². The number of unbranched alkanes of at least 4 members (excludes halogenated alkanes) is 1. The van der Waals surface area contributed by atoms with Crippen molar-refractivity contribution in [3.8, 4) is 5.75 Å². The number of hydrogen-bond donors (Lipinski definition) is 5. The van der Waals surface area contributed by atoms with Crippen LogP contribution in [0.1, 0.15) is 54.1 Å². The zero-order valence-electron chi connectivity index (χ0n) is 23.9. The third-order valence-corrected chi connectivity index (χ3v) is 5.29. The van der Waals surface area contributed by atoms with Gasteiger partial charge in [0, 0.05) is 5.56 Å². The highest BCUT2D eigenvalue weighted by atomic mass is 16.5. The molecule has 0 aliphatic heterocycles. The molecule has 0 saturated carbocycles. The summed E-state index contributed by atoms with van der Waals surface area (Å²) in [5, 5.41) is 16.6. The molecule has 3 aromatic rings. The fourth-order valence-electron chi connectivity index (χ4n) is 3.02. The maximum Gasteiger partial charge on any atom is 0.320 e. The van der Waals surface area contributed by atoms with Crippen LogP contribution in [0.15, 0.2) is 84.9 Å².